The van der Waals surface area contributed by atoms with Gasteiger partial charge in [-0.25, -0.2) is 0 Å². The van der Waals surface area contributed by atoms with Gasteiger partial charge in [0.1, 0.15) is 0 Å². The summed E-state index contributed by atoms with van der Waals surface area (Å²) >= 11 is 0. The smallest absolute Gasteiger partial charge is 0.255 e. The second kappa shape index (κ2) is 4.56. The number of para-hydroxylation sites is 1. The third-order valence-electron chi connectivity index (χ3n) is 4.27. The third-order valence-corrected chi connectivity index (χ3v) is 4.27. The van der Waals surface area contributed by atoms with Crippen LogP contribution in [0.2, 0.25) is 0 Å². The fourth-order valence-corrected chi connectivity index (χ4v) is 2.84. The average molecular weight is 270 g/mol. The first-order valence-corrected chi connectivity index (χ1v) is 6.83. The molecule has 1 heterocycles. The average Bonchev–Trinajstić information content (AvgIpc) is 2.44. The van der Waals surface area contributed by atoms with Gasteiger partial charge in [-0.3, -0.25) is 9.78 Å². The van der Waals surface area contributed by atoms with Gasteiger partial charge >= 0.3 is 0 Å². The van der Waals surface area contributed by atoms with Crippen LogP contribution in [-0.2, 0) is 0 Å². The molecule has 1 fully saturated rings. The highest BCUT2D eigenvalue weighted by atomic mass is 16.3. The highest BCUT2D eigenvalue weighted by Crippen LogP contribution is 2.35. The Kier molecular flexibility index (Phi) is 2.98. The zero-order valence-electron chi connectivity index (χ0n) is 11.7. The van der Waals surface area contributed by atoms with E-state index < -0.39 is 5.60 Å². The number of carbonyl (C=O) groups excluding carboxylic acids is 1. The Balaban J connectivity index is 1.88. The predicted molar refractivity (Wildman–Crippen MR) is 77.5 cm³/mol. The molecule has 1 aromatic heterocycles. The Morgan fingerprint density at radius 2 is 2.20 bits per heavy atom. The molecular weight excluding hydrogens is 252 g/mol. The Morgan fingerprint density at radius 1 is 1.45 bits per heavy atom. The van der Waals surface area contributed by atoms with E-state index in [1.165, 1.54) is 0 Å². The second-order valence-electron chi connectivity index (χ2n) is 5.74. The lowest BCUT2D eigenvalue weighted by atomic mass is 9.75. The highest BCUT2D eigenvalue weighted by Gasteiger charge is 2.45. The highest BCUT2D eigenvalue weighted by molar-refractivity contribution is 5.97. The van der Waals surface area contributed by atoms with E-state index in [2.05, 4.69) is 4.98 Å². The number of carbonyl (C=O) groups is 1. The van der Waals surface area contributed by atoms with Crippen LogP contribution in [0, 0.1) is 0 Å². The number of likely N-dealkylation sites (N-methyl/N-ethyl adjacent to an activating group) is 1. The number of hydrogen-bond donors (Lipinski definition) is 1. The summed E-state index contributed by atoms with van der Waals surface area (Å²) < 4.78 is 0. The summed E-state index contributed by atoms with van der Waals surface area (Å²) in [5.74, 6) is -0.0896. The number of rotatable bonds is 2. The number of nitrogens with zero attached hydrogens (tertiary/aromatic N) is 2. The van der Waals surface area contributed by atoms with Crippen molar-refractivity contribution in [3.05, 3.63) is 42.1 Å². The molecule has 1 N–H and O–H groups in total. The van der Waals surface area contributed by atoms with Crippen LogP contribution in [-0.4, -0.2) is 39.6 Å². The molecule has 0 bridgehead atoms. The Morgan fingerprint density at radius 3 is 2.85 bits per heavy atom. The molecule has 0 spiro atoms. The minimum absolute atomic E-state index is 0.0896. The molecule has 0 saturated heterocycles. The largest absolute Gasteiger partial charge is 0.388 e. The first-order valence-electron chi connectivity index (χ1n) is 6.83. The first kappa shape index (κ1) is 13.1. The van der Waals surface area contributed by atoms with Gasteiger partial charge in [0.2, 0.25) is 0 Å². The molecule has 3 rings (SSSR count). The molecule has 1 amide bonds. The maximum Gasteiger partial charge on any atom is 0.255 e. The van der Waals surface area contributed by atoms with Crippen LogP contribution in [0.4, 0.5) is 0 Å². The Bertz CT molecular complexity index is 666. The maximum atomic E-state index is 12.5. The molecule has 104 valence electrons. The van der Waals surface area contributed by atoms with Crippen LogP contribution in [0.3, 0.4) is 0 Å². The van der Waals surface area contributed by atoms with Gasteiger partial charge in [-0.2, -0.15) is 0 Å². The molecule has 1 saturated carbocycles. The van der Waals surface area contributed by atoms with Gasteiger partial charge in [0.05, 0.1) is 22.7 Å². The molecular formula is C16H18N2O2. The summed E-state index contributed by atoms with van der Waals surface area (Å²) in [6.45, 7) is 1.78. The molecule has 0 aliphatic heterocycles. The van der Waals surface area contributed by atoms with Crippen molar-refractivity contribution in [3.8, 4) is 0 Å². The van der Waals surface area contributed by atoms with E-state index in [4.69, 9.17) is 0 Å². The van der Waals surface area contributed by atoms with Crippen molar-refractivity contribution in [1.29, 1.82) is 0 Å². The molecule has 20 heavy (non-hydrogen) atoms. The molecule has 1 aromatic carbocycles. The summed E-state index contributed by atoms with van der Waals surface area (Å²) in [6, 6.07) is 9.46. The summed E-state index contributed by atoms with van der Waals surface area (Å²) in [5.41, 5.74) is 0.672. The summed E-state index contributed by atoms with van der Waals surface area (Å²) in [4.78, 5) is 18.4. The quantitative estimate of drug-likeness (QED) is 0.910. The van der Waals surface area contributed by atoms with Crippen molar-refractivity contribution in [2.24, 2.45) is 0 Å². The fourth-order valence-electron chi connectivity index (χ4n) is 2.84. The second-order valence-corrected chi connectivity index (χ2v) is 5.74. The van der Waals surface area contributed by atoms with Gasteiger partial charge in [-0.15, -0.1) is 0 Å². The number of pyridine rings is 1. The number of fused-ring (bicyclic) bond motifs is 1. The fraction of sp³-hybridized carbons (Fsp3) is 0.375. The number of benzene rings is 1. The van der Waals surface area contributed by atoms with Crippen LogP contribution >= 0.6 is 0 Å². The number of aliphatic hydroxyl groups is 1. The van der Waals surface area contributed by atoms with Crippen molar-refractivity contribution < 1.29 is 9.90 Å². The lowest BCUT2D eigenvalue weighted by Crippen LogP contribution is -2.58. The molecule has 2 aromatic rings. The molecule has 1 aliphatic carbocycles. The van der Waals surface area contributed by atoms with Crippen molar-refractivity contribution in [2.75, 3.05) is 7.05 Å². The zero-order chi connectivity index (χ0) is 14.3. The lowest BCUT2D eigenvalue weighted by Gasteiger charge is -2.47. The van der Waals surface area contributed by atoms with Crippen LogP contribution in [0.25, 0.3) is 10.9 Å². The normalized spacial score (nSPS) is 25.2. The maximum absolute atomic E-state index is 12.5. The van der Waals surface area contributed by atoms with Crippen molar-refractivity contribution in [2.45, 2.75) is 31.4 Å². The van der Waals surface area contributed by atoms with E-state index in [0.717, 1.165) is 23.7 Å². The van der Waals surface area contributed by atoms with Gasteiger partial charge < -0.3 is 10.0 Å². The van der Waals surface area contributed by atoms with Crippen molar-refractivity contribution in [1.82, 2.24) is 9.88 Å². The number of amides is 1. The monoisotopic (exact) mass is 270 g/mol. The lowest BCUT2D eigenvalue weighted by molar-refractivity contribution is -0.0859. The van der Waals surface area contributed by atoms with E-state index in [1.54, 1.807) is 25.1 Å². The van der Waals surface area contributed by atoms with Gasteiger partial charge in [0, 0.05) is 18.6 Å². The minimum atomic E-state index is -0.769. The van der Waals surface area contributed by atoms with Gasteiger partial charge in [0.15, 0.2) is 0 Å². The van der Waals surface area contributed by atoms with E-state index >= 15 is 0 Å². The van der Waals surface area contributed by atoms with Crippen molar-refractivity contribution >= 4 is 16.8 Å². The summed E-state index contributed by atoms with van der Waals surface area (Å²) in [7, 11) is 1.75. The predicted octanol–water partition coefficient (Wildman–Crippen LogP) is 2.22. The first-order chi connectivity index (χ1) is 9.49. The third kappa shape index (κ3) is 2.06. The van der Waals surface area contributed by atoms with E-state index in [9.17, 15) is 9.90 Å². The SMILES string of the molecule is CN(C(=O)c1cnc2ccccc2c1)[C@@H]1CC[C@@]1(C)O. The van der Waals surface area contributed by atoms with Gasteiger partial charge in [-0.1, -0.05) is 18.2 Å². The molecule has 4 heteroatoms. The van der Waals surface area contributed by atoms with Gasteiger partial charge in [0.25, 0.3) is 5.91 Å². The molecule has 2 atom stereocenters. The number of aromatic nitrogens is 1. The van der Waals surface area contributed by atoms with E-state index in [0.29, 0.717) is 5.56 Å². The zero-order valence-corrected chi connectivity index (χ0v) is 11.7. The molecule has 4 nitrogen and oxygen atoms in total. The van der Waals surface area contributed by atoms with Crippen LogP contribution in [0.5, 0.6) is 0 Å². The molecule has 0 radical (unpaired) electrons. The Hall–Kier alpha value is -1.94. The van der Waals surface area contributed by atoms with Crippen LogP contribution in [0.15, 0.2) is 36.5 Å². The molecule has 1 aliphatic rings. The number of hydrogen-bond acceptors (Lipinski definition) is 3. The summed E-state index contributed by atoms with van der Waals surface area (Å²) in [5, 5.41) is 11.1. The topological polar surface area (TPSA) is 53.4 Å². The molecule has 0 unspecified atom stereocenters. The van der Waals surface area contributed by atoms with E-state index in [-0.39, 0.29) is 11.9 Å². The minimum Gasteiger partial charge on any atom is -0.388 e. The van der Waals surface area contributed by atoms with E-state index in [1.807, 2.05) is 30.3 Å². The Labute approximate surface area is 118 Å². The van der Waals surface area contributed by atoms with Crippen LogP contribution in [0.1, 0.15) is 30.1 Å². The summed E-state index contributed by atoms with van der Waals surface area (Å²) in [6.07, 6.45) is 3.19. The van der Waals surface area contributed by atoms with Gasteiger partial charge in [-0.05, 0) is 31.9 Å². The standard InChI is InChI=1S/C16H18N2O2/c1-16(20)8-7-14(16)18(2)15(19)12-9-11-5-3-4-6-13(11)17-10-12/h3-6,9-10,14,20H,7-8H2,1-2H3/t14-,16-/m1/s1. The van der Waals surface area contributed by atoms with Crippen LogP contribution < -0.4 is 0 Å². The van der Waals surface area contributed by atoms with Crippen molar-refractivity contribution in [3.63, 3.8) is 0 Å².